The van der Waals surface area contributed by atoms with Crippen LogP contribution in [0.5, 0.6) is 0 Å². The highest BCUT2D eigenvalue weighted by molar-refractivity contribution is 5.49. The Morgan fingerprint density at radius 1 is 0.938 bits per heavy atom. The molecule has 5 unspecified atom stereocenters. The van der Waals surface area contributed by atoms with E-state index in [1.54, 1.807) is 0 Å². The van der Waals surface area contributed by atoms with Crippen molar-refractivity contribution in [1.29, 1.82) is 0 Å². The zero-order chi connectivity index (χ0) is 22.5. The van der Waals surface area contributed by atoms with Crippen LogP contribution in [0.15, 0.2) is 0 Å². The molecule has 0 bridgehead atoms. The van der Waals surface area contributed by atoms with E-state index >= 15 is 0 Å². The fourth-order valence-corrected chi connectivity index (χ4v) is 10.9. The Morgan fingerprint density at radius 3 is 2.50 bits per heavy atom. The lowest BCUT2D eigenvalue weighted by atomic mass is 9.44. The summed E-state index contributed by atoms with van der Waals surface area (Å²) in [6, 6.07) is 0. The van der Waals surface area contributed by atoms with Gasteiger partial charge in [-0.3, -0.25) is 4.79 Å². The first-order chi connectivity index (χ1) is 15.2. The van der Waals surface area contributed by atoms with Crippen molar-refractivity contribution in [3.05, 3.63) is 0 Å². The Hall–Kier alpha value is -0.610. The molecule has 32 heavy (non-hydrogen) atoms. The van der Waals surface area contributed by atoms with Crippen LogP contribution in [-0.2, 0) is 9.53 Å². The molecule has 12 atom stereocenters. The summed E-state index contributed by atoms with van der Waals surface area (Å²) < 4.78 is 7.02. The first kappa shape index (κ1) is 21.9. The van der Waals surface area contributed by atoms with Crippen molar-refractivity contribution in [2.75, 3.05) is 6.54 Å². The highest BCUT2D eigenvalue weighted by Crippen LogP contribution is 2.71. The highest BCUT2D eigenvalue weighted by atomic mass is 16.5. The van der Waals surface area contributed by atoms with Crippen molar-refractivity contribution in [1.82, 2.24) is 4.90 Å². The van der Waals surface area contributed by atoms with Crippen LogP contribution >= 0.6 is 0 Å². The minimum atomic E-state index is -0.350. The van der Waals surface area contributed by atoms with E-state index in [1.165, 1.54) is 44.9 Å². The Labute approximate surface area is 194 Å². The predicted octanol–water partition coefficient (Wildman–Crippen LogP) is 5.24. The summed E-state index contributed by atoms with van der Waals surface area (Å²) in [5.74, 6) is 4.74. The first-order valence-corrected chi connectivity index (χ1v) is 13.8. The third-order valence-corrected chi connectivity index (χ3v) is 12.4. The van der Waals surface area contributed by atoms with E-state index in [9.17, 15) is 9.90 Å². The first-order valence-electron chi connectivity index (χ1n) is 13.8. The SMILES string of the molecule is C[C@H]1CC[C@@]2(OC3C[C@H]4C5CCC6C[C@@H](O)CC[C@]6(C)C5CC[C@]4(C)C3[C@@H]2C)N(C=O)C1. The van der Waals surface area contributed by atoms with Crippen molar-refractivity contribution in [2.45, 2.75) is 110 Å². The molecule has 6 fully saturated rings. The van der Waals surface area contributed by atoms with Crippen LogP contribution in [0.2, 0.25) is 0 Å². The third kappa shape index (κ3) is 2.72. The Kier molecular flexibility index (Phi) is 4.92. The zero-order valence-corrected chi connectivity index (χ0v) is 20.8. The molecule has 2 aliphatic heterocycles. The number of aliphatic hydroxyl groups is 1. The van der Waals surface area contributed by atoms with Gasteiger partial charge in [0, 0.05) is 12.5 Å². The van der Waals surface area contributed by atoms with Gasteiger partial charge in [0.25, 0.3) is 0 Å². The van der Waals surface area contributed by atoms with Crippen LogP contribution in [0.4, 0.5) is 0 Å². The van der Waals surface area contributed by atoms with Crippen molar-refractivity contribution in [3.63, 3.8) is 0 Å². The molecule has 0 aromatic heterocycles. The number of hydrogen-bond acceptors (Lipinski definition) is 3. The smallest absolute Gasteiger partial charge is 0.211 e. The largest absolute Gasteiger partial charge is 0.393 e. The second kappa shape index (κ2) is 7.20. The lowest BCUT2D eigenvalue weighted by Gasteiger charge is -2.61. The molecular weight excluding hydrogens is 398 g/mol. The molecule has 180 valence electrons. The van der Waals surface area contributed by atoms with Crippen LogP contribution < -0.4 is 0 Å². The van der Waals surface area contributed by atoms with Crippen LogP contribution in [-0.4, -0.2) is 40.9 Å². The van der Waals surface area contributed by atoms with Gasteiger partial charge in [-0.25, -0.2) is 0 Å². The number of aliphatic hydroxyl groups excluding tert-OH is 1. The van der Waals surface area contributed by atoms with Gasteiger partial charge < -0.3 is 14.7 Å². The highest BCUT2D eigenvalue weighted by Gasteiger charge is 2.69. The van der Waals surface area contributed by atoms with Gasteiger partial charge in [0.1, 0.15) is 5.72 Å². The molecule has 1 spiro atoms. The summed E-state index contributed by atoms with van der Waals surface area (Å²) in [5.41, 5.74) is 0.435. The lowest BCUT2D eigenvalue weighted by molar-refractivity contribution is -0.194. The number of carbonyl (C=O) groups excluding carboxylic acids is 1. The van der Waals surface area contributed by atoms with Gasteiger partial charge >= 0.3 is 0 Å². The molecule has 0 aromatic rings. The van der Waals surface area contributed by atoms with Gasteiger partial charge in [-0.05, 0) is 111 Å². The number of rotatable bonds is 1. The monoisotopic (exact) mass is 443 g/mol. The molecule has 4 aliphatic carbocycles. The Morgan fingerprint density at radius 2 is 1.72 bits per heavy atom. The molecule has 4 nitrogen and oxygen atoms in total. The molecule has 6 aliphatic rings. The van der Waals surface area contributed by atoms with Crippen LogP contribution in [0.25, 0.3) is 0 Å². The Balaban J connectivity index is 1.28. The summed E-state index contributed by atoms with van der Waals surface area (Å²) >= 11 is 0. The van der Waals surface area contributed by atoms with E-state index in [0.717, 1.165) is 55.9 Å². The molecule has 4 heteroatoms. The number of likely N-dealkylation sites (tertiary alicyclic amines) is 1. The maximum Gasteiger partial charge on any atom is 0.211 e. The van der Waals surface area contributed by atoms with Gasteiger partial charge in [0.15, 0.2) is 0 Å². The van der Waals surface area contributed by atoms with Crippen LogP contribution in [0.3, 0.4) is 0 Å². The minimum absolute atomic E-state index is 0.0614. The molecule has 1 N–H and O–H groups in total. The fourth-order valence-electron chi connectivity index (χ4n) is 10.9. The number of amides is 1. The van der Waals surface area contributed by atoms with E-state index in [-0.39, 0.29) is 11.8 Å². The molecule has 4 saturated carbocycles. The standard InChI is InChI=1S/C28H45NO3/c1-17-7-12-28(29(15-17)16-30)18(2)25-24(32-28)14-23-21-6-5-19-13-20(31)8-10-26(19,3)22(21)9-11-27(23,25)4/h16-25,31H,5-15H2,1-4H3/t17-,18-,19?,20-,21?,22?,23-,24?,25?,26-,27-,28-/m0/s1. The van der Waals surface area contributed by atoms with Crippen LogP contribution in [0, 0.1) is 52.3 Å². The van der Waals surface area contributed by atoms with Crippen molar-refractivity contribution >= 4 is 6.41 Å². The van der Waals surface area contributed by atoms with Gasteiger partial charge in [-0.15, -0.1) is 0 Å². The van der Waals surface area contributed by atoms with Gasteiger partial charge in [0.2, 0.25) is 6.41 Å². The van der Waals surface area contributed by atoms with Crippen molar-refractivity contribution in [3.8, 4) is 0 Å². The van der Waals surface area contributed by atoms with Gasteiger partial charge in [0.05, 0.1) is 12.2 Å². The molecule has 2 heterocycles. The lowest BCUT2D eigenvalue weighted by Crippen LogP contribution is -2.58. The Bertz CT molecular complexity index is 772. The van der Waals surface area contributed by atoms with Crippen molar-refractivity contribution < 1.29 is 14.6 Å². The van der Waals surface area contributed by atoms with E-state index in [4.69, 9.17) is 4.74 Å². The summed E-state index contributed by atoms with van der Waals surface area (Å²) in [6.07, 6.45) is 13.4. The second-order valence-corrected chi connectivity index (χ2v) is 13.6. The number of ether oxygens (including phenoxy) is 1. The molecule has 2 saturated heterocycles. The average molecular weight is 444 g/mol. The summed E-state index contributed by atoms with van der Waals surface area (Å²) in [6.45, 7) is 10.7. The van der Waals surface area contributed by atoms with E-state index < -0.39 is 0 Å². The third-order valence-electron chi connectivity index (χ3n) is 12.4. The zero-order valence-electron chi connectivity index (χ0n) is 20.8. The van der Waals surface area contributed by atoms with Gasteiger partial charge in [-0.1, -0.05) is 27.7 Å². The molecule has 6 rings (SSSR count). The summed E-state index contributed by atoms with van der Waals surface area (Å²) in [7, 11) is 0. The second-order valence-electron chi connectivity index (χ2n) is 13.6. The number of piperidine rings is 1. The van der Waals surface area contributed by atoms with E-state index in [2.05, 4.69) is 27.7 Å². The molecular formula is C28H45NO3. The van der Waals surface area contributed by atoms with Crippen LogP contribution in [0.1, 0.15) is 91.9 Å². The summed E-state index contributed by atoms with van der Waals surface area (Å²) in [5, 5.41) is 10.3. The molecule has 1 amide bonds. The number of hydrogen-bond donors (Lipinski definition) is 1. The quantitative estimate of drug-likeness (QED) is 0.564. The normalized spacial score (nSPS) is 59.3. The van der Waals surface area contributed by atoms with E-state index in [0.29, 0.717) is 34.7 Å². The predicted molar refractivity (Wildman–Crippen MR) is 125 cm³/mol. The number of carbonyl (C=O) groups is 1. The molecule has 0 aromatic carbocycles. The average Bonchev–Trinajstić information content (AvgIpc) is 3.21. The maximum atomic E-state index is 12.1. The minimum Gasteiger partial charge on any atom is -0.393 e. The molecule has 0 radical (unpaired) electrons. The number of fused-ring (bicyclic) bond motifs is 7. The maximum absolute atomic E-state index is 12.1. The van der Waals surface area contributed by atoms with Crippen molar-refractivity contribution in [2.24, 2.45) is 52.3 Å². The van der Waals surface area contributed by atoms with Gasteiger partial charge in [-0.2, -0.15) is 0 Å². The topological polar surface area (TPSA) is 49.8 Å². The van der Waals surface area contributed by atoms with E-state index in [1.807, 2.05) is 4.90 Å². The number of nitrogens with zero attached hydrogens (tertiary/aromatic N) is 1. The fraction of sp³-hybridized carbons (Fsp3) is 0.964. The summed E-state index contributed by atoms with van der Waals surface area (Å²) in [4.78, 5) is 14.2.